The molecule has 2 aromatic rings. The molecule has 0 aromatic heterocycles. The van der Waals surface area contributed by atoms with E-state index in [-0.39, 0.29) is 11.8 Å². The first-order valence-electron chi connectivity index (χ1n) is 11.1. The maximum Gasteiger partial charge on any atom is 0.242 e. The van der Waals surface area contributed by atoms with E-state index in [0.717, 1.165) is 15.6 Å². The molecule has 0 saturated heterocycles. The number of halogens is 1. The number of nitrogens with one attached hydrogen (secondary N) is 1. The number of aryl methyl sites for hydroxylation is 1. The third kappa shape index (κ3) is 8.13. The van der Waals surface area contributed by atoms with E-state index in [1.165, 1.54) is 5.56 Å². The largest absolute Gasteiger partial charge is 0.354 e. The summed E-state index contributed by atoms with van der Waals surface area (Å²) < 4.78 is 0.958. The average molecular weight is 487 g/mol. The van der Waals surface area contributed by atoms with Crippen molar-refractivity contribution >= 4 is 27.7 Å². The highest BCUT2D eigenvalue weighted by atomic mass is 79.9. The first-order chi connectivity index (χ1) is 14.7. The number of hydrogen-bond acceptors (Lipinski definition) is 2. The van der Waals surface area contributed by atoms with Crippen molar-refractivity contribution in [2.45, 2.75) is 66.0 Å². The predicted octanol–water partition coefficient (Wildman–Crippen LogP) is 5.69. The molecule has 0 bridgehead atoms. The Bertz CT molecular complexity index is 862. The zero-order valence-corrected chi connectivity index (χ0v) is 20.9. The van der Waals surface area contributed by atoms with E-state index in [1.54, 1.807) is 4.90 Å². The Morgan fingerprint density at radius 1 is 0.968 bits per heavy atom. The van der Waals surface area contributed by atoms with Crippen LogP contribution in [-0.4, -0.2) is 29.3 Å². The summed E-state index contributed by atoms with van der Waals surface area (Å²) >= 11 is 3.49. The second kappa shape index (κ2) is 12.0. The number of nitrogens with zero attached hydrogens (tertiary/aromatic N) is 1. The molecule has 0 aliphatic carbocycles. The lowest BCUT2D eigenvalue weighted by Crippen LogP contribution is -2.48. The fraction of sp³-hybridized carbons (Fsp3) is 0.462. The fourth-order valence-corrected chi connectivity index (χ4v) is 3.78. The van der Waals surface area contributed by atoms with Gasteiger partial charge in [0.25, 0.3) is 0 Å². The number of benzene rings is 2. The zero-order chi connectivity index (χ0) is 23.0. The van der Waals surface area contributed by atoms with Crippen LogP contribution in [-0.2, 0) is 22.6 Å². The Balaban J connectivity index is 2.11. The highest BCUT2D eigenvalue weighted by molar-refractivity contribution is 9.10. The van der Waals surface area contributed by atoms with E-state index in [0.29, 0.717) is 37.8 Å². The van der Waals surface area contributed by atoms with Crippen LogP contribution in [0.25, 0.3) is 0 Å². The van der Waals surface area contributed by atoms with Crippen molar-refractivity contribution in [3.8, 4) is 0 Å². The van der Waals surface area contributed by atoms with Gasteiger partial charge in [0, 0.05) is 24.0 Å². The number of hydrogen-bond donors (Lipinski definition) is 1. The van der Waals surface area contributed by atoms with Crippen molar-refractivity contribution in [1.29, 1.82) is 0 Å². The second-order valence-electron chi connectivity index (χ2n) is 8.86. The van der Waals surface area contributed by atoms with Gasteiger partial charge in [-0.3, -0.25) is 9.59 Å². The van der Waals surface area contributed by atoms with E-state index in [2.05, 4.69) is 73.2 Å². The molecule has 0 saturated carbocycles. The Kier molecular flexibility index (Phi) is 9.76. The molecule has 0 radical (unpaired) electrons. The van der Waals surface area contributed by atoms with Gasteiger partial charge in [0.2, 0.25) is 11.8 Å². The van der Waals surface area contributed by atoms with Crippen LogP contribution in [0.1, 0.15) is 63.6 Å². The van der Waals surface area contributed by atoms with E-state index in [9.17, 15) is 9.59 Å². The predicted molar refractivity (Wildman–Crippen MR) is 131 cm³/mol. The molecular formula is C26H35BrN2O2. The molecule has 2 amide bonds. The molecule has 2 rings (SSSR count). The van der Waals surface area contributed by atoms with Gasteiger partial charge in [0.1, 0.15) is 6.04 Å². The van der Waals surface area contributed by atoms with Crippen LogP contribution < -0.4 is 5.32 Å². The van der Waals surface area contributed by atoms with Crippen LogP contribution in [0.5, 0.6) is 0 Å². The van der Waals surface area contributed by atoms with Gasteiger partial charge in [0.05, 0.1) is 0 Å². The van der Waals surface area contributed by atoms with Crippen molar-refractivity contribution in [1.82, 2.24) is 10.2 Å². The molecule has 4 nitrogen and oxygen atoms in total. The Morgan fingerprint density at radius 3 is 2.23 bits per heavy atom. The first kappa shape index (κ1) is 25.1. The van der Waals surface area contributed by atoms with Gasteiger partial charge in [-0.2, -0.15) is 0 Å². The molecule has 2 aromatic carbocycles. The van der Waals surface area contributed by atoms with E-state index < -0.39 is 6.04 Å². The Morgan fingerprint density at radius 2 is 1.65 bits per heavy atom. The van der Waals surface area contributed by atoms with Gasteiger partial charge in [-0.15, -0.1) is 0 Å². The zero-order valence-electron chi connectivity index (χ0n) is 19.3. The SMILES string of the molecule is CC(C)CNC(=O)[C@H](C)N(Cc1cccc(Br)c1)C(=O)CCc1ccc(C(C)C)cc1. The van der Waals surface area contributed by atoms with Crippen LogP contribution >= 0.6 is 15.9 Å². The number of amides is 2. The second-order valence-corrected chi connectivity index (χ2v) is 9.78. The lowest BCUT2D eigenvalue weighted by Gasteiger charge is -2.29. The highest BCUT2D eigenvalue weighted by Gasteiger charge is 2.26. The summed E-state index contributed by atoms with van der Waals surface area (Å²) in [6.45, 7) is 11.3. The molecule has 0 unspecified atom stereocenters. The molecule has 5 heteroatoms. The van der Waals surface area contributed by atoms with Gasteiger partial charge in [-0.25, -0.2) is 0 Å². The Labute approximate surface area is 195 Å². The summed E-state index contributed by atoms with van der Waals surface area (Å²) in [5.74, 6) is 0.721. The molecule has 0 spiro atoms. The minimum atomic E-state index is -0.534. The summed E-state index contributed by atoms with van der Waals surface area (Å²) in [6, 6.07) is 15.8. The fourth-order valence-electron chi connectivity index (χ4n) is 3.33. The van der Waals surface area contributed by atoms with Gasteiger partial charge >= 0.3 is 0 Å². The first-order valence-corrected chi connectivity index (χ1v) is 11.9. The van der Waals surface area contributed by atoms with E-state index in [4.69, 9.17) is 0 Å². The van der Waals surface area contributed by atoms with Crippen molar-refractivity contribution < 1.29 is 9.59 Å². The highest BCUT2D eigenvalue weighted by Crippen LogP contribution is 2.18. The third-order valence-electron chi connectivity index (χ3n) is 5.37. The standard InChI is InChI=1S/C26H35BrN2O2/c1-18(2)16-28-26(31)20(5)29(17-22-7-6-8-24(27)15-22)25(30)14-11-21-9-12-23(13-10-21)19(3)4/h6-10,12-13,15,18-20H,11,14,16-17H2,1-5H3,(H,28,31)/t20-/m0/s1. The number of carbonyl (C=O) groups excluding carboxylic acids is 2. The molecule has 0 heterocycles. The quantitative estimate of drug-likeness (QED) is 0.468. The smallest absolute Gasteiger partial charge is 0.242 e. The van der Waals surface area contributed by atoms with E-state index >= 15 is 0 Å². The monoisotopic (exact) mass is 486 g/mol. The molecular weight excluding hydrogens is 452 g/mol. The van der Waals surface area contributed by atoms with Crippen LogP contribution in [0.4, 0.5) is 0 Å². The number of carbonyl (C=O) groups is 2. The summed E-state index contributed by atoms with van der Waals surface area (Å²) in [6.07, 6.45) is 1.03. The minimum absolute atomic E-state index is 0.0138. The van der Waals surface area contributed by atoms with Crippen molar-refractivity contribution in [2.24, 2.45) is 5.92 Å². The van der Waals surface area contributed by atoms with Crippen molar-refractivity contribution in [2.75, 3.05) is 6.54 Å². The number of rotatable bonds is 10. The lowest BCUT2D eigenvalue weighted by atomic mass is 10.00. The van der Waals surface area contributed by atoms with Gasteiger partial charge < -0.3 is 10.2 Å². The molecule has 168 valence electrons. The van der Waals surface area contributed by atoms with Crippen molar-refractivity contribution in [3.05, 3.63) is 69.7 Å². The Hall–Kier alpha value is -2.14. The lowest BCUT2D eigenvalue weighted by molar-refractivity contribution is -0.140. The van der Waals surface area contributed by atoms with E-state index in [1.807, 2.05) is 31.2 Å². The summed E-state index contributed by atoms with van der Waals surface area (Å²) in [4.78, 5) is 27.6. The average Bonchev–Trinajstić information content (AvgIpc) is 2.74. The van der Waals surface area contributed by atoms with Crippen molar-refractivity contribution in [3.63, 3.8) is 0 Å². The maximum absolute atomic E-state index is 13.2. The van der Waals surface area contributed by atoms with Gasteiger partial charge in [-0.1, -0.05) is 80.0 Å². The molecule has 0 fully saturated rings. The summed E-state index contributed by atoms with van der Waals surface area (Å²) in [5.41, 5.74) is 3.42. The topological polar surface area (TPSA) is 49.4 Å². The van der Waals surface area contributed by atoms with Gasteiger partial charge in [0.15, 0.2) is 0 Å². The molecule has 0 aliphatic heterocycles. The molecule has 1 N–H and O–H groups in total. The van der Waals surface area contributed by atoms with Crippen LogP contribution in [0, 0.1) is 5.92 Å². The minimum Gasteiger partial charge on any atom is -0.354 e. The summed E-state index contributed by atoms with van der Waals surface area (Å²) in [7, 11) is 0. The van der Waals surface area contributed by atoms with Crippen LogP contribution in [0.2, 0.25) is 0 Å². The van der Waals surface area contributed by atoms with Crippen LogP contribution in [0.15, 0.2) is 53.0 Å². The van der Waals surface area contributed by atoms with Gasteiger partial charge in [-0.05, 0) is 54.0 Å². The molecule has 1 atom stereocenters. The molecule has 0 aliphatic rings. The molecule has 31 heavy (non-hydrogen) atoms. The third-order valence-corrected chi connectivity index (χ3v) is 5.86. The summed E-state index contributed by atoms with van der Waals surface area (Å²) in [5, 5.41) is 2.96. The normalized spacial score (nSPS) is 12.1. The van der Waals surface area contributed by atoms with Crippen LogP contribution in [0.3, 0.4) is 0 Å². The maximum atomic E-state index is 13.2.